The number of hydrogen-bond donors (Lipinski definition) is 1. The van der Waals surface area contributed by atoms with Crippen molar-refractivity contribution in [3.05, 3.63) is 114 Å². The molecule has 0 aliphatic carbocycles. The van der Waals surface area contributed by atoms with Crippen LogP contribution in [0.2, 0.25) is 0 Å². The van der Waals surface area contributed by atoms with Gasteiger partial charge >= 0.3 is 6.18 Å². The van der Waals surface area contributed by atoms with Crippen molar-refractivity contribution in [3.63, 3.8) is 0 Å². The molecule has 0 spiro atoms. The summed E-state index contributed by atoms with van der Waals surface area (Å²) in [6.07, 6.45) is 0.592. The molecule has 1 aliphatic heterocycles. The maximum atomic E-state index is 15.1. The summed E-state index contributed by atoms with van der Waals surface area (Å²) in [7, 11) is 0. The summed E-state index contributed by atoms with van der Waals surface area (Å²) >= 11 is 0. The SMILES string of the molecule is O=C(Nc1ccccc1N1CCCCC1Cc1ccccc1)c1ccc(-c2ncccc2C(F)(F)F)cc1F. The Morgan fingerprint density at radius 2 is 1.72 bits per heavy atom. The van der Waals surface area contributed by atoms with Crippen molar-refractivity contribution in [2.24, 2.45) is 0 Å². The summed E-state index contributed by atoms with van der Waals surface area (Å²) in [6.45, 7) is 0.832. The summed E-state index contributed by atoms with van der Waals surface area (Å²) in [5.74, 6) is -1.61. The van der Waals surface area contributed by atoms with E-state index in [9.17, 15) is 18.0 Å². The van der Waals surface area contributed by atoms with Crippen molar-refractivity contribution < 1.29 is 22.4 Å². The Labute approximate surface area is 224 Å². The number of pyridine rings is 1. The van der Waals surface area contributed by atoms with Crippen LogP contribution in [-0.4, -0.2) is 23.5 Å². The molecule has 200 valence electrons. The molecule has 1 N–H and O–H groups in total. The summed E-state index contributed by atoms with van der Waals surface area (Å²) < 4.78 is 55.4. The van der Waals surface area contributed by atoms with E-state index in [2.05, 4.69) is 27.3 Å². The Morgan fingerprint density at radius 1 is 0.949 bits per heavy atom. The van der Waals surface area contributed by atoms with E-state index in [-0.39, 0.29) is 17.2 Å². The molecule has 1 amide bonds. The van der Waals surface area contributed by atoms with Gasteiger partial charge in [-0.25, -0.2) is 4.39 Å². The summed E-state index contributed by atoms with van der Waals surface area (Å²) in [5, 5.41) is 2.83. The summed E-state index contributed by atoms with van der Waals surface area (Å²) in [5.41, 5.74) is 0.950. The first-order valence-electron chi connectivity index (χ1n) is 12.8. The van der Waals surface area contributed by atoms with Crippen molar-refractivity contribution in [1.82, 2.24) is 4.98 Å². The Morgan fingerprint density at radius 3 is 2.49 bits per heavy atom. The van der Waals surface area contributed by atoms with Gasteiger partial charge < -0.3 is 10.2 Å². The molecule has 4 aromatic rings. The van der Waals surface area contributed by atoms with Gasteiger partial charge in [0.1, 0.15) is 5.82 Å². The number of nitrogens with zero attached hydrogens (tertiary/aromatic N) is 2. The van der Waals surface area contributed by atoms with Crippen LogP contribution in [0.3, 0.4) is 0 Å². The van der Waals surface area contributed by atoms with Gasteiger partial charge in [-0.1, -0.05) is 48.5 Å². The Hall–Kier alpha value is -4.20. The van der Waals surface area contributed by atoms with Gasteiger partial charge in [-0.15, -0.1) is 0 Å². The second kappa shape index (κ2) is 11.3. The second-order valence-electron chi connectivity index (χ2n) is 9.60. The highest BCUT2D eigenvalue weighted by Crippen LogP contribution is 2.37. The monoisotopic (exact) mass is 533 g/mol. The highest BCUT2D eigenvalue weighted by atomic mass is 19.4. The largest absolute Gasteiger partial charge is 0.418 e. The van der Waals surface area contributed by atoms with Crippen LogP contribution >= 0.6 is 0 Å². The predicted molar refractivity (Wildman–Crippen MR) is 144 cm³/mol. The average molecular weight is 534 g/mol. The molecule has 1 atom stereocenters. The smallest absolute Gasteiger partial charge is 0.367 e. The molecule has 3 aromatic carbocycles. The molecule has 1 unspecified atom stereocenters. The zero-order valence-corrected chi connectivity index (χ0v) is 21.1. The third-order valence-corrected chi connectivity index (χ3v) is 7.00. The van der Waals surface area contributed by atoms with E-state index in [1.165, 1.54) is 30.0 Å². The van der Waals surface area contributed by atoms with Gasteiger partial charge in [-0.05, 0) is 67.6 Å². The number of benzene rings is 3. The maximum absolute atomic E-state index is 15.1. The van der Waals surface area contributed by atoms with Crippen LogP contribution in [0.4, 0.5) is 28.9 Å². The molecule has 1 aliphatic rings. The number of alkyl halides is 3. The number of carbonyl (C=O) groups is 1. The standard InChI is InChI=1S/C31H27F4N3O/c32-26-20-22(29-25(31(33,34)35)12-8-17-36-29)15-16-24(26)30(39)37-27-13-4-5-14-28(27)38-18-7-6-11-23(38)19-21-9-2-1-3-10-21/h1-5,8-10,12-17,20,23H,6-7,11,18-19H2,(H,37,39). The fraction of sp³-hybridized carbons (Fsp3) is 0.226. The quantitative estimate of drug-likeness (QED) is 0.258. The molecule has 1 saturated heterocycles. The highest BCUT2D eigenvalue weighted by Gasteiger charge is 2.34. The lowest BCUT2D eigenvalue weighted by molar-refractivity contribution is -0.137. The molecule has 0 radical (unpaired) electrons. The molecule has 5 rings (SSSR count). The van der Waals surface area contributed by atoms with Crippen LogP contribution in [0, 0.1) is 5.82 Å². The lowest BCUT2D eigenvalue weighted by Gasteiger charge is -2.39. The molecule has 1 aromatic heterocycles. The van der Waals surface area contributed by atoms with E-state index < -0.39 is 29.2 Å². The van der Waals surface area contributed by atoms with E-state index in [4.69, 9.17) is 0 Å². The van der Waals surface area contributed by atoms with Crippen LogP contribution in [0.25, 0.3) is 11.3 Å². The van der Waals surface area contributed by atoms with Crippen molar-refractivity contribution in [2.75, 3.05) is 16.8 Å². The fourth-order valence-electron chi connectivity index (χ4n) is 5.15. The zero-order valence-electron chi connectivity index (χ0n) is 21.1. The van der Waals surface area contributed by atoms with E-state index in [0.717, 1.165) is 50.0 Å². The Kier molecular flexibility index (Phi) is 7.63. The van der Waals surface area contributed by atoms with E-state index in [0.29, 0.717) is 5.69 Å². The number of para-hydroxylation sites is 2. The van der Waals surface area contributed by atoms with Gasteiger partial charge in [0.15, 0.2) is 0 Å². The first-order valence-corrected chi connectivity index (χ1v) is 12.8. The second-order valence-corrected chi connectivity index (χ2v) is 9.60. The molecule has 39 heavy (non-hydrogen) atoms. The molecule has 4 nitrogen and oxygen atoms in total. The van der Waals surface area contributed by atoms with Crippen molar-refractivity contribution in [3.8, 4) is 11.3 Å². The summed E-state index contributed by atoms with van der Waals surface area (Å²) in [6, 6.07) is 23.4. The Balaban J connectivity index is 1.39. The van der Waals surface area contributed by atoms with Crippen molar-refractivity contribution in [2.45, 2.75) is 37.9 Å². The number of halogens is 4. The minimum absolute atomic E-state index is 0.0607. The van der Waals surface area contributed by atoms with Gasteiger partial charge in [0.2, 0.25) is 0 Å². The summed E-state index contributed by atoms with van der Waals surface area (Å²) in [4.78, 5) is 19.3. The van der Waals surface area contributed by atoms with Gasteiger partial charge in [0.25, 0.3) is 5.91 Å². The predicted octanol–water partition coefficient (Wildman–Crippen LogP) is 7.76. The van der Waals surface area contributed by atoms with Crippen LogP contribution < -0.4 is 10.2 Å². The number of aromatic nitrogens is 1. The first kappa shape index (κ1) is 26.4. The van der Waals surface area contributed by atoms with Gasteiger partial charge in [0, 0.05) is 24.3 Å². The molecular weight excluding hydrogens is 506 g/mol. The van der Waals surface area contributed by atoms with Gasteiger partial charge in [-0.3, -0.25) is 9.78 Å². The molecule has 0 saturated carbocycles. The minimum atomic E-state index is -4.65. The first-order chi connectivity index (χ1) is 18.8. The molecule has 8 heteroatoms. The minimum Gasteiger partial charge on any atom is -0.367 e. The maximum Gasteiger partial charge on any atom is 0.418 e. The van der Waals surface area contributed by atoms with Crippen molar-refractivity contribution >= 4 is 17.3 Å². The molecule has 1 fully saturated rings. The number of amides is 1. The van der Waals surface area contributed by atoms with Gasteiger partial charge in [-0.2, -0.15) is 13.2 Å². The Bertz CT molecular complexity index is 1460. The van der Waals surface area contributed by atoms with Gasteiger partial charge in [0.05, 0.1) is 28.2 Å². The number of piperidine rings is 1. The number of anilines is 2. The van der Waals surface area contributed by atoms with Crippen molar-refractivity contribution in [1.29, 1.82) is 0 Å². The number of nitrogens with one attached hydrogen (secondary N) is 1. The number of rotatable bonds is 6. The normalized spacial score (nSPS) is 15.7. The van der Waals surface area contributed by atoms with Crippen LogP contribution in [0.1, 0.15) is 40.7 Å². The number of hydrogen-bond acceptors (Lipinski definition) is 3. The third-order valence-electron chi connectivity index (χ3n) is 7.00. The highest BCUT2D eigenvalue weighted by molar-refractivity contribution is 6.06. The fourth-order valence-corrected chi connectivity index (χ4v) is 5.15. The molecule has 0 bridgehead atoms. The van der Waals surface area contributed by atoms with E-state index in [1.807, 2.05) is 30.3 Å². The van der Waals surface area contributed by atoms with Crippen LogP contribution in [-0.2, 0) is 12.6 Å². The van der Waals surface area contributed by atoms with E-state index in [1.54, 1.807) is 12.1 Å². The zero-order chi connectivity index (χ0) is 27.4. The lowest BCUT2D eigenvalue weighted by atomic mass is 9.94. The number of carbonyl (C=O) groups excluding carboxylic acids is 1. The third kappa shape index (κ3) is 5.95. The topological polar surface area (TPSA) is 45.2 Å². The van der Waals surface area contributed by atoms with Crippen LogP contribution in [0.5, 0.6) is 0 Å². The van der Waals surface area contributed by atoms with Crippen LogP contribution in [0.15, 0.2) is 91.1 Å². The molecule has 2 heterocycles. The van der Waals surface area contributed by atoms with E-state index >= 15 is 4.39 Å². The lowest BCUT2D eigenvalue weighted by Crippen LogP contribution is -2.41. The molecular formula is C31H27F4N3O. The average Bonchev–Trinajstić information content (AvgIpc) is 2.94.